The standard InChI is InChI=1S/C30H30ClN7O5/c1-36-27(20-4-2-19(3-5-20)15-42-29(32)40)25-26(35-36)28(39)38(17-34-25)16-30(41)8-10-37(11-9-30)14-22-7-6-21(12-23(22)31)24-13-33-18-43-24/h2-7,12-13,17-18,41H,8-11,14-16H2,1H3,(H2,32,40). The second-order valence-electron chi connectivity index (χ2n) is 10.8. The molecule has 0 radical (unpaired) electrons. The summed E-state index contributed by atoms with van der Waals surface area (Å²) in [6.45, 7) is 2.13. The first-order valence-electron chi connectivity index (χ1n) is 13.7. The SMILES string of the molecule is Cn1nc2c(=O)n(CC3(O)CCN(Cc4ccc(-c5cnco5)cc4Cl)CC3)cnc2c1-c1ccc(COC(N)=O)cc1. The van der Waals surface area contributed by atoms with Gasteiger partial charge < -0.3 is 20.0 Å². The Hall–Kier alpha value is -4.52. The van der Waals surface area contributed by atoms with Gasteiger partial charge in [0.25, 0.3) is 5.56 Å². The molecular formula is C30H30ClN7O5. The number of hydrogen-bond donors (Lipinski definition) is 2. The molecular weight excluding hydrogens is 574 g/mol. The third-order valence-electron chi connectivity index (χ3n) is 7.84. The minimum atomic E-state index is -1.06. The van der Waals surface area contributed by atoms with Gasteiger partial charge in [0, 0.05) is 42.8 Å². The highest BCUT2D eigenvalue weighted by atomic mass is 35.5. The molecule has 1 aliphatic heterocycles. The van der Waals surface area contributed by atoms with Crippen LogP contribution in [0.5, 0.6) is 0 Å². The quantitative estimate of drug-likeness (QED) is 0.270. The molecule has 1 fully saturated rings. The molecule has 3 N–H and O–H groups in total. The van der Waals surface area contributed by atoms with Gasteiger partial charge in [-0.1, -0.05) is 48.0 Å². The van der Waals surface area contributed by atoms with E-state index in [2.05, 4.69) is 20.0 Å². The number of benzene rings is 2. The third-order valence-corrected chi connectivity index (χ3v) is 8.19. The van der Waals surface area contributed by atoms with Crippen LogP contribution in [0.4, 0.5) is 4.79 Å². The van der Waals surface area contributed by atoms with Crippen LogP contribution < -0.4 is 11.3 Å². The summed E-state index contributed by atoms with van der Waals surface area (Å²) in [5, 5.41) is 16.5. The maximum absolute atomic E-state index is 13.4. The average molecular weight is 604 g/mol. The molecule has 0 unspecified atom stereocenters. The molecule has 0 spiro atoms. The van der Waals surface area contributed by atoms with Crippen LogP contribution in [0, 0.1) is 0 Å². The summed E-state index contributed by atoms with van der Waals surface area (Å²) in [6, 6.07) is 13.1. The smallest absolute Gasteiger partial charge is 0.404 e. The average Bonchev–Trinajstić information content (AvgIpc) is 3.65. The Balaban J connectivity index is 1.13. The summed E-state index contributed by atoms with van der Waals surface area (Å²) in [6.07, 6.45) is 4.65. The summed E-state index contributed by atoms with van der Waals surface area (Å²) in [5.41, 5.74) is 8.47. The van der Waals surface area contributed by atoms with Gasteiger partial charge in [0.05, 0.1) is 30.4 Å². The number of aromatic nitrogens is 5. The van der Waals surface area contributed by atoms with Gasteiger partial charge in [0.1, 0.15) is 12.1 Å². The predicted octanol–water partition coefficient (Wildman–Crippen LogP) is 3.73. The van der Waals surface area contributed by atoms with Gasteiger partial charge in [0.15, 0.2) is 17.7 Å². The molecule has 1 saturated heterocycles. The zero-order chi connectivity index (χ0) is 30.1. The number of nitrogens with two attached hydrogens (primary N) is 1. The molecule has 0 bridgehead atoms. The highest BCUT2D eigenvalue weighted by Gasteiger charge is 2.33. The number of likely N-dealkylation sites (tertiary alicyclic amines) is 1. The van der Waals surface area contributed by atoms with Crippen molar-refractivity contribution in [3.63, 3.8) is 0 Å². The lowest BCUT2D eigenvalue weighted by Gasteiger charge is -2.38. The summed E-state index contributed by atoms with van der Waals surface area (Å²) in [4.78, 5) is 35.1. The molecule has 0 saturated carbocycles. The Labute approximate surface area is 251 Å². The second-order valence-corrected chi connectivity index (χ2v) is 11.2. The first-order valence-corrected chi connectivity index (χ1v) is 14.1. The number of ether oxygens (including phenoxy) is 1. The van der Waals surface area contributed by atoms with Crippen LogP contribution in [0.25, 0.3) is 33.6 Å². The number of aliphatic hydroxyl groups is 1. The van der Waals surface area contributed by atoms with Crippen molar-refractivity contribution in [2.45, 2.75) is 38.1 Å². The molecule has 222 valence electrons. The number of oxazole rings is 1. The molecule has 5 aromatic rings. The van der Waals surface area contributed by atoms with Gasteiger partial charge >= 0.3 is 6.09 Å². The lowest BCUT2D eigenvalue weighted by molar-refractivity contribution is -0.0364. The second kappa shape index (κ2) is 11.6. The number of carbonyl (C=O) groups is 1. The third kappa shape index (κ3) is 6.03. The molecule has 4 heterocycles. The Bertz CT molecular complexity index is 1820. The van der Waals surface area contributed by atoms with Gasteiger partial charge in [-0.05, 0) is 30.0 Å². The van der Waals surface area contributed by atoms with Crippen molar-refractivity contribution >= 4 is 28.7 Å². The maximum Gasteiger partial charge on any atom is 0.404 e. The fourth-order valence-electron chi connectivity index (χ4n) is 5.48. The van der Waals surface area contributed by atoms with E-state index in [-0.39, 0.29) is 24.2 Å². The zero-order valence-corrected chi connectivity index (χ0v) is 24.2. The molecule has 1 aliphatic rings. The summed E-state index contributed by atoms with van der Waals surface area (Å²) in [7, 11) is 1.75. The largest absolute Gasteiger partial charge is 0.445 e. The maximum atomic E-state index is 13.4. The molecule has 0 aliphatic carbocycles. The first kappa shape index (κ1) is 28.6. The molecule has 2 aromatic carbocycles. The number of hydrogen-bond acceptors (Lipinski definition) is 9. The molecule has 13 heteroatoms. The molecule has 0 atom stereocenters. The van der Waals surface area contributed by atoms with Crippen LogP contribution in [0.15, 0.2) is 70.6 Å². The van der Waals surface area contributed by atoms with E-state index < -0.39 is 11.7 Å². The molecule has 43 heavy (non-hydrogen) atoms. The zero-order valence-electron chi connectivity index (χ0n) is 23.4. The molecule has 12 nitrogen and oxygen atoms in total. The van der Waals surface area contributed by atoms with E-state index in [4.69, 9.17) is 26.5 Å². The lowest BCUT2D eigenvalue weighted by Crippen LogP contribution is -2.47. The van der Waals surface area contributed by atoms with E-state index in [1.807, 2.05) is 42.5 Å². The highest BCUT2D eigenvalue weighted by molar-refractivity contribution is 6.31. The van der Waals surface area contributed by atoms with Gasteiger partial charge in [-0.3, -0.25) is 18.9 Å². The minimum absolute atomic E-state index is 0.0663. The number of amides is 1. The van der Waals surface area contributed by atoms with Gasteiger partial charge in [0.2, 0.25) is 0 Å². The van der Waals surface area contributed by atoms with Gasteiger partial charge in [-0.2, -0.15) is 5.10 Å². The fourth-order valence-corrected chi connectivity index (χ4v) is 5.72. The Kier molecular flexibility index (Phi) is 7.74. The monoisotopic (exact) mass is 603 g/mol. The van der Waals surface area contributed by atoms with Crippen LogP contribution in [0.2, 0.25) is 5.02 Å². The molecule has 1 amide bonds. The normalized spacial score (nSPS) is 15.1. The number of halogens is 1. The van der Waals surface area contributed by atoms with Crippen molar-refractivity contribution in [1.82, 2.24) is 29.2 Å². The van der Waals surface area contributed by atoms with Crippen LogP contribution in [-0.4, -0.2) is 59.1 Å². The van der Waals surface area contributed by atoms with Gasteiger partial charge in [-0.15, -0.1) is 0 Å². The first-order chi connectivity index (χ1) is 20.7. The van der Waals surface area contributed by atoms with Crippen LogP contribution >= 0.6 is 11.6 Å². The highest BCUT2D eigenvalue weighted by Crippen LogP contribution is 2.30. The van der Waals surface area contributed by atoms with Crippen molar-refractivity contribution in [3.8, 4) is 22.6 Å². The fraction of sp³-hybridized carbons (Fsp3) is 0.300. The number of primary amides is 1. The van der Waals surface area contributed by atoms with Crippen LogP contribution in [0.1, 0.15) is 24.0 Å². The predicted molar refractivity (Wildman–Crippen MR) is 159 cm³/mol. The molecule has 3 aromatic heterocycles. The van der Waals surface area contributed by atoms with Crippen molar-refractivity contribution in [2.75, 3.05) is 13.1 Å². The van der Waals surface area contributed by atoms with Crippen molar-refractivity contribution in [3.05, 3.63) is 87.9 Å². The van der Waals surface area contributed by atoms with Gasteiger partial charge in [-0.25, -0.2) is 14.8 Å². The molecule has 6 rings (SSSR count). The number of nitrogens with zero attached hydrogens (tertiary/aromatic N) is 6. The minimum Gasteiger partial charge on any atom is -0.445 e. The van der Waals surface area contributed by atoms with E-state index in [1.54, 1.807) is 17.9 Å². The number of aryl methyl sites for hydroxylation is 1. The van der Waals surface area contributed by atoms with E-state index in [9.17, 15) is 14.7 Å². The Morgan fingerprint density at radius 2 is 1.88 bits per heavy atom. The number of carbonyl (C=O) groups excluding carboxylic acids is 1. The van der Waals surface area contributed by atoms with E-state index in [0.717, 1.165) is 22.3 Å². The van der Waals surface area contributed by atoms with E-state index >= 15 is 0 Å². The number of fused-ring (bicyclic) bond motifs is 1. The van der Waals surface area contributed by atoms with Crippen LogP contribution in [0.3, 0.4) is 0 Å². The van der Waals surface area contributed by atoms with Crippen molar-refractivity contribution < 1.29 is 19.1 Å². The number of rotatable bonds is 8. The summed E-state index contributed by atoms with van der Waals surface area (Å²) < 4.78 is 13.3. The van der Waals surface area contributed by atoms with Crippen molar-refractivity contribution in [2.24, 2.45) is 12.8 Å². The van der Waals surface area contributed by atoms with E-state index in [1.165, 1.54) is 17.3 Å². The summed E-state index contributed by atoms with van der Waals surface area (Å²) >= 11 is 6.56. The Morgan fingerprint density at radius 1 is 1.14 bits per heavy atom. The lowest BCUT2D eigenvalue weighted by atomic mass is 9.91. The van der Waals surface area contributed by atoms with Crippen LogP contribution in [-0.2, 0) is 31.5 Å². The summed E-state index contributed by atoms with van der Waals surface area (Å²) in [5.74, 6) is 0.657. The van der Waals surface area contributed by atoms with E-state index in [0.29, 0.717) is 54.5 Å². The Morgan fingerprint density at radius 3 is 2.56 bits per heavy atom. The topological polar surface area (TPSA) is 155 Å². The van der Waals surface area contributed by atoms with Crippen molar-refractivity contribution in [1.29, 1.82) is 0 Å². The number of piperidine rings is 1.